The van der Waals surface area contributed by atoms with Gasteiger partial charge in [-0.25, -0.2) is 0 Å². The summed E-state index contributed by atoms with van der Waals surface area (Å²) in [5.41, 5.74) is 6.01. The number of piperidine rings is 1. The van der Waals surface area contributed by atoms with Crippen molar-refractivity contribution in [3.05, 3.63) is 0 Å². The van der Waals surface area contributed by atoms with E-state index in [2.05, 4.69) is 23.6 Å². The number of nitrogens with zero attached hydrogens (tertiary/aromatic N) is 2. The van der Waals surface area contributed by atoms with E-state index >= 15 is 0 Å². The minimum absolute atomic E-state index is 0.483. The Kier molecular flexibility index (Phi) is 6.11. The highest BCUT2D eigenvalue weighted by Gasteiger charge is 2.28. The molecular formula is C16H33N3. The highest BCUT2D eigenvalue weighted by atomic mass is 15.2. The summed E-state index contributed by atoms with van der Waals surface area (Å²) < 4.78 is 0. The van der Waals surface area contributed by atoms with Crippen LogP contribution in [0.3, 0.4) is 0 Å². The van der Waals surface area contributed by atoms with Crippen LogP contribution in [0.15, 0.2) is 0 Å². The summed E-state index contributed by atoms with van der Waals surface area (Å²) in [5.74, 6) is 0.932. The summed E-state index contributed by atoms with van der Waals surface area (Å²) >= 11 is 0. The minimum atomic E-state index is 0.483. The second-order valence-electron chi connectivity index (χ2n) is 6.53. The molecule has 1 heterocycles. The van der Waals surface area contributed by atoms with Crippen LogP contribution in [0.5, 0.6) is 0 Å². The molecule has 2 N–H and O–H groups in total. The van der Waals surface area contributed by atoms with Gasteiger partial charge in [-0.1, -0.05) is 13.8 Å². The molecule has 0 spiro atoms. The van der Waals surface area contributed by atoms with E-state index in [-0.39, 0.29) is 0 Å². The smallest absolute Gasteiger partial charge is 0.00964 e. The van der Waals surface area contributed by atoms with Gasteiger partial charge in [0.15, 0.2) is 0 Å². The normalized spacial score (nSPS) is 30.9. The molecule has 1 aliphatic carbocycles. The Labute approximate surface area is 119 Å². The Morgan fingerprint density at radius 3 is 2.05 bits per heavy atom. The molecule has 0 amide bonds. The summed E-state index contributed by atoms with van der Waals surface area (Å²) in [6.45, 7) is 10.9. The SMILES string of the molecule is CCN(CC)CC1CCN(C2CCC(N)CC2)CC1. The summed E-state index contributed by atoms with van der Waals surface area (Å²) in [6, 6.07) is 1.32. The third-order valence-electron chi connectivity index (χ3n) is 5.32. The van der Waals surface area contributed by atoms with Crippen LogP contribution in [0, 0.1) is 5.92 Å². The first-order chi connectivity index (χ1) is 9.22. The van der Waals surface area contributed by atoms with Gasteiger partial charge in [0, 0.05) is 18.6 Å². The Hall–Kier alpha value is -0.120. The fraction of sp³-hybridized carbons (Fsp3) is 1.00. The van der Waals surface area contributed by atoms with E-state index in [9.17, 15) is 0 Å². The van der Waals surface area contributed by atoms with Crippen LogP contribution in [0.2, 0.25) is 0 Å². The first-order valence-corrected chi connectivity index (χ1v) is 8.44. The number of rotatable bonds is 5. The second kappa shape index (κ2) is 7.61. The minimum Gasteiger partial charge on any atom is -0.328 e. The predicted molar refractivity (Wildman–Crippen MR) is 82.3 cm³/mol. The molecule has 2 aliphatic rings. The van der Waals surface area contributed by atoms with Crippen LogP contribution in [-0.4, -0.2) is 54.6 Å². The predicted octanol–water partition coefficient (Wildman–Crippen LogP) is 2.31. The number of likely N-dealkylation sites (tertiary alicyclic amines) is 1. The molecule has 19 heavy (non-hydrogen) atoms. The molecule has 1 saturated heterocycles. The molecule has 2 fully saturated rings. The summed E-state index contributed by atoms with van der Waals surface area (Å²) in [7, 11) is 0. The third kappa shape index (κ3) is 4.44. The quantitative estimate of drug-likeness (QED) is 0.829. The summed E-state index contributed by atoms with van der Waals surface area (Å²) in [4.78, 5) is 5.34. The molecule has 0 unspecified atom stereocenters. The van der Waals surface area contributed by atoms with E-state index in [1.54, 1.807) is 0 Å². The van der Waals surface area contributed by atoms with Gasteiger partial charge in [-0.15, -0.1) is 0 Å². The van der Waals surface area contributed by atoms with Gasteiger partial charge in [0.1, 0.15) is 0 Å². The number of hydrogen-bond donors (Lipinski definition) is 1. The van der Waals surface area contributed by atoms with Crippen LogP contribution < -0.4 is 5.73 Å². The zero-order chi connectivity index (χ0) is 13.7. The van der Waals surface area contributed by atoms with Gasteiger partial charge in [0.25, 0.3) is 0 Å². The molecule has 0 radical (unpaired) electrons. The van der Waals surface area contributed by atoms with Crippen molar-refractivity contribution in [2.24, 2.45) is 11.7 Å². The van der Waals surface area contributed by atoms with E-state index in [1.165, 1.54) is 71.2 Å². The van der Waals surface area contributed by atoms with Crippen molar-refractivity contribution in [2.75, 3.05) is 32.7 Å². The van der Waals surface area contributed by atoms with E-state index < -0.39 is 0 Å². The van der Waals surface area contributed by atoms with Gasteiger partial charge >= 0.3 is 0 Å². The molecule has 1 saturated carbocycles. The molecule has 0 atom stereocenters. The van der Waals surface area contributed by atoms with Crippen molar-refractivity contribution in [2.45, 2.75) is 64.5 Å². The Balaban J connectivity index is 1.70. The van der Waals surface area contributed by atoms with E-state index in [0.717, 1.165) is 12.0 Å². The molecule has 0 bridgehead atoms. The Bertz CT molecular complexity index is 236. The van der Waals surface area contributed by atoms with Crippen LogP contribution in [0.25, 0.3) is 0 Å². The average Bonchev–Trinajstić information content (AvgIpc) is 2.46. The lowest BCUT2D eigenvalue weighted by molar-refractivity contribution is 0.0898. The van der Waals surface area contributed by atoms with E-state index in [1.807, 2.05) is 0 Å². The molecule has 0 aromatic carbocycles. The highest BCUT2D eigenvalue weighted by Crippen LogP contribution is 2.27. The van der Waals surface area contributed by atoms with Crippen LogP contribution in [0.4, 0.5) is 0 Å². The Morgan fingerprint density at radius 2 is 1.53 bits per heavy atom. The van der Waals surface area contributed by atoms with Crippen molar-refractivity contribution in [3.63, 3.8) is 0 Å². The third-order valence-corrected chi connectivity index (χ3v) is 5.32. The van der Waals surface area contributed by atoms with Crippen LogP contribution >= 0.6 is 0 Å². The maximum atomic E-state index is 6.01. The van der Waals surface area contributed by atoms with Gasteiger partial charge < -0.3 is 15.5 Å². The molecule has 0 aromatic rings. The van der Waals surface area contributed by atoms with Crippen molar-refractivity contribution in [1.29, 1.82) is 0 Å². The van der Waals surface area contributed by atoms with E-state index in [4.69, 9.17) is 5.73 Å². The first-order valence-electron chi connectivity index (χ1n) is 8.44. The highest BCUT2D eigenvalue weighted by molar-refractivity contribution is 4.84. The molecule has 3 heteroatoms. The van der Waals surface area contributed by atoms with Crippen LogP contribution in [0.1, 0.15) is 52.4 Å². The van der Waals surface area contributed by atoms with Gasteiger partial charge in [-0.2, -0.15) is 0 Å². The summed E-state index contributed by atoms with van der Waals surface area (Å²) in [6.07, 6.45) is 7.95. The maximum absolute atomic E-state index is 6.01. The summed E-state index contributed by atoms with van der Waals surface area (Å²) in [5, 5.41) is 0. The van der Waals surface area contributed by atoms with Crippen LogP contribution in [-0.2, 0) is 0 Å². The molecule has 0 aromatic heterocycles. The lowest BCUT2D eigenvalue weighted by atomic mass is 9.88. The van der Waals surface area contributed by atoms with Gasteiger partial charge in [0.2, 0.25) is 0 Å². The molecular weight excluding hydrogens is 234 g/mol. The zero-order valence-electron chi connectivity index (χ0n) is 13.0. The lowest BCUT2D eigenvalue weighted by Crippen LogP contribution is -2.46. The standard InChI is InChI=1S/C16H33N3/c1-3-18(4-2)13-14-9-11-19(12-10-14)16-7-5-15(17)6-8-16/h14-16H,3-13,17H2,1-2H3. The first kappa shape index (κ1) is 15.3. The van der Waals surface area contributed by atoms with Crippen molar-refractivity contribution in [1.82, 2.24) is 9.80 Å². The fourth-order valence-electron chi connectivity index (χ4n) is 3.81. The molecule has 3 nitrogen and oxygen atoms in total. The van der Waals surface area contributed by atoms with Crippen molar-refractivity contribution in [3.8, 4) is 0 Å². The molecule has 112 valence electrons. The Morgan fingerprint density at radius 1 is 0.947 bits per heavy atom. The topological polar surface area (TPSA) is 32.5 Å². The second-order valence-corrected chi connectivity index (χ2v) is 6.53. The van der Waals surface area contributed by atoms with E-state index in [0.29, 0.717) is 6.04 Å². The average molecular weight is 267 g/mol. The lowest BCUT2D eigenvalue weighted by Gasteiger charge is -2.41. The van der Waals surface area contributed by atoms with Gasteiger partial charge in [-0.3, -0.25) is 0 Å². The fourth-order valence-corrected chi connectivity index (χ4v) is 3.81. The maximum Gasteiger partial charge on any atom is 0.00964 e. The zero-order valence-corrected chi connectivity index (χ0v) is 13.0. The number of hydrogen-bond acceptors (Lipinski definition) is 3. The van der Waals surface area contributed by atoms with Crippen molar-refractivity contribution >= 4 is 0 Å². The van der Waals surface area contributed by atoms with Gasteiger partial charge in [-0.05, 0) is 70.6 Å². The van der Waals surface area contributed by atoms with Gasteiger partial charge in [0.05, 0.1) is 0 Å². The molecule has 2 rings (SSSR count). The number of nitrogens with two attached hydrogens (primary N) is 1. The largest absolute Gasteiger partial charge is 0.328 e. The molecule has 1 aliphatic heterocycles. The monoisotopic (exact) mass is 267 g/mol. The van der Waals surface area contributed by atoms with Crippen molar-refractivity contribution < 1.29 is 0 Å².